The van der Waals surface area contributed by atoms with Crippen molar-refractivity contribution in [1.82, 2.24) is 4.90 Å². The molecule has 1 amide bonds. The third kappa shape index (κ3) is 3.39. The van der Waals surface area contributed by atoms with E-state index in [9.17, 15) is 14.7 Å². The SMILES string of the molecule is CCN(C(=O)c1cc(Cl)ccc1Br)C1COCC1C(=O)O. The Morgan fingerprint density at radius 2 is 2.19 bits per heavy atom. The highest BCUT2D eigenvalue weighted by Gasteiger charge is 2.39. The Balaban J connectivity index is 2.30. The quantitative estimate of drug-likeness (QED) is 0.877. The first-order chi connectivity index (χ1) is 9.95. The molecule has 0 spiro atoms. The molecule has 0 saturated carbocycles. The number of carbonyl (C=O) groups excluding carboxylic acids is 1. The summed E-state index contributed by atoms with van der Waals surface area (Å²) >= 11 is 9.26. The van der Waals surface area contributed by atoms with E-state index in [4.69, 9.17) is 16.3 Å². The first-order valence-electron chi connectivity index (χ1n) is 6.52. The van der Waals surface area contributed by atoms with E-state index >= 15 is 0 Å². The van der Waals surface area contributed by atoms with Gasteiger partial charge in [-0.2, -0.15) is 0 Å². The molecule has 21 heavy (non-hydrogen) atoms. The summed E-state index contributed by atoms with van der Waals surface area (Å²) < 4.78 is 5.87. The normalized spacial score (nSPS) is 21.3. The van der Waals surface area contributed by atoms with Crippen molar-refractivity contribution in [2.45, 2.75) is 13.0 Å². The highest BCUT2D eigenvalue weighted by atomic mass is 79.9. The van der Waals surface area contributed by atoms with Gasteiger partial charge in [-0.05, 0) is 41.1 Å². The van der Waals surface area contributed by atoms with E-state index in [0.29, 0.717) is 21.6 Å². The summed E-state index contributed by atoms with van der Waals surface area (Å²) in [6.07, 6.45) is 0. The van der Waals surface area contributed by atoms with Gasteiger partial charge in [0, 0.05) is 16.0 Å². The summed E-state index contributed by atoms with van der Waals surface area (Å²) in [5.74, 6) is -1.91. The number of benzene rings is 1. The van der Waals surface area contributed by atoms with Gasteiger partial charge in [0.15, 0.2) is 0 Å². The van der Waals surface area contributed by atoms with Crippen molar-refractivity contribution in [3.05, 3.63) is 33.3 Å². The number of aliphatic carboxylic acids is 1. The van der Waals surface area contributed by atoms with Crippen molar-refractivity contribution < 1.29 is 19.4 Å². The van der Waals surface area contributed by atoms with Gasteiger partial charge in [0.2, 0.25) is 0 Å². The molecule has 2 atom stereocenters. The van der Waals surface area contributed by atoms with Crippen LogP contribution in [-0.2, 0) is 9.53 Å². The average Bonchev–Trinajstić information content (AvgIpc) is 2.91. The molecule has 2 rings (SSSR count). The van der Waals surface area contributed by atoms with E-state index in [0.717, 1.165) is 0 Å². The van der Waals surface area contributed by atoms with Crippen LogP contribution in [0.3, 0.4) is 0 Å². The molecular formula is C14H15BrClNO4. The second kappa shape index (κ2) is 6.77. The van der Waals surface area contributed by atoms with Gasteiger partial charge in [-0.25, -0.2) is 0 Å². The number of rotatable bonds is 4. The molecule has 0 radical (unpaired) electrons. The summed E-state index contributed by atoms with van der Waals surface area (Å²) in [6, 6.07) is 4.48. The third-order valence-electron chi connectivity index (χ3n) is 3.53. The summed E-state index contributed by atoms with van der Waals surface area (Å²) in [5, 5.41) is 9.68. The van der Waals surface area contributed by atoms with Gasteiger partial charge in [-0.1, -0.05) is 11.6 Å². The number of hydrogen-bond donors (Lipinski definition) is 1. The van der Waals surface area contributed by atoms with Crippen LogP contribution in [0.25, 0.3) is 0 Å². The fourth-order valence-electron chi connectivity index (χ4n) is 2.43. The number of carbonyl (C=O) groups is 2. The van der Waals surface area contributed by atoms with Crippen LogP contribution in [0.5, 0.6) is 0 Å². The standard InChI is InChI=1S/C14H15BrClNO4/c1-2-17(12-7-21-6-10(12)14(19)20)13(18)9-5-8(16)3-4-11(9)15/h3-5,10,12H,2,6-7H2,1H3,(H,19,20). The first kappa shape index (κ1) is 16.3. The monoisotopic (exact) mass is 375 g/mol. The highest BCUT2D eigenvalue weighted by Crippen LogP contribution is 2.26. The maximum absolute atomic E-state index is 12.7. The zero-order valence-electron chi connectivity index (χ0n) is 11.4. The second-order valence-electron chi connectivity index (χ2n) is 4.76. The lowest BCUT2D eigenvalue weighted by atomic mass is 10.0. The fraction of sp³-hybridized carbons (Fsp3) is 0.429. The van der Waals surface area contributed by atoms with Crippen LogP contribution in [0, 0.1) is 5.92 Å². The number of likely N-dealkylation sites (N-methyl/N-ethyl adjacent to an activating group) is 1. The number of halogens is 2. The molecule has 5 nitrogen and oxygen atoms in total. The number of amides is 1. The Morgan fingerprint density at radius 1 is 1.48 bits per heavy atom. The predicted octanol–water partition coefficient (Wildman–Crippen LogP) is 2.66. The van der Waals surface area contributed by atoms with Crippen LogP contribution >= 0.6 is 27.5 Å². The minimum absolute atomic E-state index is 0.125. The molecule has 1 aromatic rings. The second-order valence-corrected chi connectivity index (χ2v) is 6.06. The van der Waals surface area contributed by atoms with E-state index in [1.54, 1.807) is 18.2 Å². The number of hydrogen-bond acceptors (Lipinski definition) is 3. The minimum Gasteiger partial charge on any atom is -0.481 e. The van der Waals surface area contributed by atoms with Crippen LogP contribution < -0.4 is 0 Å². The first-order valence-corrected chi connectivity index (χ1v) is 7.69. The zero-order valence-corrected chi connectivity index (χ0v) is 13.7. The highest BCUT2D eigenvalue weighted by molar-refractivity contribution is 9.10. The summed E-state index contributed by atoms with van der Waals surface area (Å²) in [4.78, 5) is 25.5. The third-order valence-corrected chi connectivity index (χ3v) is 4.45. The van der Waals surface area contributed by atoms with Crippen molar-refractivity contribution in [2.75, 3.05) is 19.8 Å². The van der Waals surface area contributed by atoms with Gasteiger partial charge in [0.25, 0.3) is 5.91 Å². The molecule has 0 aromatic heterocycles. The lowest BCUT2D eigenvalue weighted by molar-refractivity contribution is -0.142. The molecule has 0 aliphatic carbocycles. The van der Waals surface area contributed by atoms with Gasteiger partial charge < -0.3 is 14.7 Å². The summed E-state index contributed by atoms with van der Waals surface area (Å²) in [6.45, 7) is 2.57. The topological polar surface area (TPSA) is 66.8 Å². The Morgan fingerprint density at radius 3 is 2.81 bits per heavy atom. The van der Waals surface area contributed by atoms with Crippen molar-refractivity contribution in [3.63, 3.8) is 0 Å². The van der Waals surface area contributed by atoms with E-state index in [1.807, 2.05) is 6.92 Å². The van der Waals surface area contributed by atoms with Gasteiger partial charge in [0.05, 0.1) is 24.8 Å². The molecule has 7 heteroatoms. The average molecular weight is 377 g/mol. The molecule has 114 valence electrons. The molecule has 1 saturated heterocycles. The molecular weight excluding hydrogens is 362 g/mol. The van der Waals surface area contributed by atoms with E-state index in [1.165, 1.54) is 4.90 Å². The van der Waals surface area contributed by atoms with Gasteiger partial charge in [0.1, 0.15) is 5.92 Å². The molecule has 1 aliphatic rings. The van der Waals surface area contributed by atoms with E-state index in [2.05, 4.69) is 15.9 Å². The largest absolute Gasteiger partial charge is 0.481 e. The number of carboxylic acid groups (broad SMARTS) is 1. The van der Waals surface area contributed by atoms with E-state index in [-0.39, 0.29) is 19.1 Å². The lowest BCUT2D eigenvalue weighted by Crippen LogP contribution is -2.46. The van der Waals surface area contributed by atoms with Gasteiger partial charge in [-0.15, -0.1) is 0 Å². The Kier molecular flexibility index (Phi) is 5.24. The number of nitrogens with zero attached hydrogens (tertiary/aromatic N) is 1. The van der Waals surface area contributed by atoms with Gasteiger partial charge >= 0.3 is 5.97 Å². The predicted molar refractivity (Wildman–Crippen MR) is 81.6 cm³/mol. The lowest BCUT2D eigenvalue weighted by Gasteiger charge is -2.29. The molecule has 1 aliphatic heterocycles. The van der Waals surface area contributed by atoms with E-state index < -0.39 is 17.9 Å². The number of carboxylic acids is 1. The van der Waals surface area contributed by atoms with Crippen LogP contribution in [0.1, 0.15) is 17.3 Å². The van der Waals surface area contributed by atoms with Crippen LogP contribution in [0.15, 0.2) is 22.7 Å². The van der Waals surface area contributed by atoms with Crippen molar-refractivity contribution in [2.24, 2.45) is 5.92 Å². The molecule has 1 aromatic carbocycles. The summed E-state index contributed by atoms with van der Waals surface area (Å²) in [7, 11) is 0. The van der Waals surface area contributed by atoms with Crippen LogP contribution in [0.4, 0.5) is 0 Å². The molecule has 1 fully saturated rings. The minimum atomic E-state index is -0.950. The maximum atomic E-state index is 12.7. The maximum Gasteiger partial charge on any atom is 0.311 e. The number of ether oxygens (including phenoxy) is 1. The van der Waals surface area contributed by atoms with Crippen LogP contribution in [-0.4, -0.2) is 47.7 Å². The smallest absolute Gasteiger partial charge is 0.311 e. The van der Waals surface area contributed by atoms with Crippen LogP contribution in [0.2, 0.25) is 5.02 Å². The van der Waals surface area contributed by atoms with Crippen molar-refractivity contribution in [1.29, 1.82) is 0 Å². The van der Waals surface area contributed by atoms with Crippen molar-refractivity contribution >= 4 is 39.4 Å². The van der Waals surface area contributed by atoms with Crippen molar-refractivity contribution in [3.8, 4) is 0 Å². The Hall–Kier alpha value is -1.11. The molecule has 1 heterocycles. The molecule has 1 N–H and O–H groups in total. The molecule has 0 bridgehead atoms. The van der Waals surface area contributed by atoms with Gasteiger partial charge in [-0.3, -0.25) is 9.59 Å². The fourth-order valence-corrected chi connectivity index (χ4v) is 3.02. The zero-order chi connectivity index (χ0) is 15.6. The Labute approximate surface area is 136 Å². The molecule has 2 unspecified atom stereocenters. The Bertz CT molecular complexity index is 566. The summed E-state index contributed by atoms with van der Waals surface area (Å²) in [5.41, 5.74) is 0.417.